The number of rotatable bonds is 4. The molecular weight excluding hydrogens is 436 g/mol. The maximum absolute atomic E-state index is 12.2. The van der Waals surface area contributed by atoms with Gasteiger partial charge in [-0.25, -0.2) is 4.98 Å². The van der Waals surface area contributed by atoms with Crippen molar-refractivity contribution in [2.45, 2.75) is 25.7 Å². The zero-order valence-corrected chi connectivity index (χ0v) is 19.3. The van der Waals surface area contributed by atoms with E-state index >= 15 is 0 Å². The number of benzene rings is 1. The molecule has 2 aliphatic rings. The maximum atomic E-state index is 12.2. The number of fused-ring (bicyclic) bond motifs is 1. The Hall–Kier alpha value is -3.33. The van der Waals surface area contributed by atoms with Crippen LogP contribution >= 0.6 is 11.3 Å². The van der Waals surface area contributed by atoms with Crippen LogP contribution in [0.25, 0.3) is 10.2 Å². The summed E-state index contributed by atoms with van der Waals surface area (Å²) >= 11 is 1.25. The third-order valence-corrected chi connectivity index (χ3v) is 7.65. The lowest BCUT2D eigenvalue weighted by atomic mass is 10.1. The summed E-state index contributed by atoms with van der Waals surface area (Å²) in [5.41, 5.74) is 15.4. The normalized spacial score (nSPS) is 17.5. The van der Waals surface area contributed by atoms with Gasteiger partial charge in [-0.05, 0) is 49.6 Å². The highest BCUT2D eigenvalue weighted by Gasteiger charge is 2.23. The summed E-state index contributed by atoms with van der Waals surface area (Å²) in [5.74, 6) is -0.298. The van der Waals surface area contributed by atoms with E-state index in [1.54, 1.807) is 6.20 Å². The minimum atomic E-state index is -0.516. The molecule has 0 spiro atoms. The minimum Gasteiger partial charge on any atom is -0.397 e. The Kier molecular flexibility index (Phi) is 5.80. The second kappa shape index (κ2) is 8.90. The van der Waals surface area contributed by atoms with Gasteiger partial charge in [-0.2, -0.15) is 0 Å². The summed E-state index contributed by atoms with van der Waals surface area (Å²) in [7, 11) is 0. The smallest absolute Gasteiger partial charge is 0.260 e. The molecule has 1 aromatic carbocycles. The van der Waals surface area contributed by atoms with Gasteiger partial charge in [-0.1, -0.05) is 0 Å². The number of thiophene rings is 1. The number of carbonyl (C=O) groups is 2. The molecule has 9 heteroatoms. The number of hydrogen-bond donors (Lipinski definition) is 2. The molecule has 2 fully saturated rings. The highest BCUT2D eigenvalue weighted by atomic mass is 32.1. The number of carbonyl (C=O) groups excluding carboxylic acids is 2. The molecule has 0 unspecified atom stereocenters. The van der Waals surface area contributed by atoms with Crippen LogP contribution < -0.4 is 26.2 Å². The van der Waals surface area contributed by atoms with Crippen LogP contribution in [0.4, 0.5) is 22.7 Å². The van der Waals surface area contributed by atoms with Gasteiger partial charge in [0, 0.05) is 56.7 Å². The average Bonchev–Trinajstić information content (AvgIpc) is 3.00. The van der Waals surface area contributed by atoms with Gasteiger partial charge in [0.25, 0.3) is 5.91 Å². The Balaban J connectivity index is 1.33. The molecule has 5 rings (SSSR count). The van der Waals surface area contributed by atoms with E-state index in [0.717, 1.165) is 79.3 Å². The van der Waals surface area contributed by atoms with Gasteiger partial charge < -0.3 is 26.2 Å². The van der Waals surface area contributed by atoms with Crippen molar-refractivity contribution in [3.63, 3.8) is 0 Å². The van der Waals surface area contributed by atoms with Crippen LogP contribution in [0.1, 0.15) is 35.4 Å². The van der Waals surface area contributed by atoms with Gasteiger partial charge >= 0.3 is 0 Å². The van der Waals surface area contributed by atoms with Crippen molar-refractivity contribution in [1.82, 2.24) is 4.98 Å². The third kappa shape index (κ3) is 4.08. The predicted octanol–water partition coefficient (Wildman–Crippen LogP) is 3.21. The van der Waals surface area contributed by atoms with Gasteiger partial charge in [0.1, 0.15) is 9.71 Å². The second-order valence-electron chi connectivity index (χ2n) is 8.57. The highest BCUT2D eigenvalue weighted by Crippen LogP contribution is 2.38. The zero-order chi connectivity index (χ0) is 22.9. The summed E-state index contributed by atoms with van der Waals surface area (Å²) < 4.78 is 0. The standard InChI is InChI=1S/C24H28N6O2S/c25-21-20-18(9-10-27-24(20)33-22(21)23(26)32)29-12-3-11-28(14-15-29)16-5-7-17(8-6-16)30-13-2-1-4-19(30)31/h5-10H,1-4,11-15,25H2,(H2,26,32). The Morgan fingerprint density at radius 1 is 0.909 bits per heavy atom. The molecule has 0 atom stereocenters. The molecule has 2 aromatic heterocycles. The number of nitrogen functional groups attached to an aromatic ring is 1. The van der Waals surface area contributed by atoms with E-state index in [9.17, 15) is 9.59 Å². The van der Waals surface area contributed by atoms with Gasteiger partial charge in [-0.15, -0.1) is 11.3 Å². The minimum absolute atomic E-state index is 0.218. The van der Waals surface area contributed by atoms with Crippen molar-refractivity contribution in [2.24, 2.45) is 5.73 Å². The molecule has 8 nitrogen and oxygen atoms in total. The molecule has 4 N–H and O–H groups in total. The van der Waals surface area contributed by atoms with Crippen LogP contribution in [-0.4, -0.2) is 49.5 Å². The van der Waals surface area contributed by atoms with Gasteiger partial charge in [0.2, 0.25) is 5.91 Å². The molecule has 33 heavy (non-hydrogen) atoms. The fourth-order valence-corrected chi connectivity index (χ4v) is 5.75. The third-order valence-electron chi connectivity index (χ3n) is 6.52. The number of piperidine rings is 1. The average molecular weight is 465 g/mol. The SMILES string of the molecule is NC(=O)c1sc2nccc(N3CCCN(c4ccc(N5CCCCC5=O)cc4)CC3)c2c1N. The molecular formula is C24H28N6O2S. The van der Waals surface area contributed by atoms with E-state index in [0.29, 0.717) is 17.0 Å². The molecule has 2 amide bonds. The summed E-state index contributed by atoms with van der Waals surface area (Å²) in [5, 5.41) is 0.820. The molecule has 2 saturated heterocycles. The zero-order valence-electron chi connectivity index (χ0n) is 18.5. The molecule has 0 saturated carbocycles. The lowest BCUT2D eigenvalue weighted by Crippen LogP contribution is -2.35. The van der Waals surface area contributed by atoms with E-state index in [-0.39, 0.29) is 5.91 Å². The highest BCUT2D eigenvalue weighted by molar-refractivity contribution is 7.21. The van der Waals surface area contributed by atoms with E-state index in [4.69, 9.17) is 11.5 Å². The Morgan fingerprint density at radius 3 is 2.39 bits per heavy atom. The van der Waals surface area contributed by atoms with Crippen LogP contribution in [0, 0.1) is 0 Å². The number of hydrogen-bond acceptors (Lipinski definition) is 7. The Bertz CT molecular complexity index is 1190. The van der Waals surface area contributed by atoms with Crippen molar-refractivity contribution in [3.05, 3.63) is 41.4 Å². The first-order valence-corrected chi connectivity index (χ1v) is 12.2. The fraction of sp³-hybridized carbons (Fsp3) is 0.375. The first-order chi connectivity index (χ1) is 16.0. The van der Waals surface area contributed by atoms with Crippen LogP contribution in [0.15, 0.2) is 36.5 Å². The Labute approximate surface area is 196 Å². The lowest BCUT2D eigenvalue weighted by Gasteiger charge is -2.28. The molecule has 0 radical (unpaired) electrons. The summed E-state index contributed by atoms with van der Waals surface area (Å²) in [6.45, 7) is 4.32. The van der Waals surface area contributed by atoms with E-state index in [1.807, 2.05) is 11.0 Å². The summed E-state index contributed by atoms with van der Waals surface area (Å²) in [4.78, 5) is 36.1. The van der Waals surface area contributed by atoms with Crippen molar-refractivity contribution >= 4 is 56.1 Å². The number of anilines is 4. The number of pyridine rings is 1. The summed E-state index contributed by atoms with van der Waals surface area (Å²) in [6.07, 6.45) is 5.45. The number of primary amides is 1. The number of nitrogens with two attached hydrogens (primary N) is 2. The number of amides is 2. The van der Waals surface area contributed by atoms with E-state index in [1.165, 1.54) is 11.3 Å². The molecule has 4 heterocycles. The monoisotopic (exact) mass is 464 g/mol. The first-order valence-electron chi connectivity index (χ1n) is 11.4. The molecule has 3 aromatic rings. The molecule has 0 bridgehead atoms. The van der Waals surface area contributed by atoms with Crippen LogP contribution in [0.2, 0.25) is 0 Å². The van der Waals surface area contributed by atoms with Crippen LogP contribution in [0.5, 0.6) is 0 Å². The largest absolute Gasteiger partial charge is 0.397 e. The predicted molar refractivity (Wildman–Crippen MR) is 134 cm³/mol. The van der Waals surface area contributed by atoms with Crippen LogP contribution in [0.3, 0.4) is 0 Å². The second-order valence-corrected chi connectivity index (χ2v) is 9.56. The maximum Gasteiger partial charge on any atom is 0.260 e. The summed E-state index contributed by atoms with van der Waals surface area (Å²) in [6, 6.07) is 10.3. The van der Waals surface area contributed by atoms with Gasteiger partial charge in [0.05, 0.1) is 16.8 Å². The van der Waals surface area contributed by atoms with Crippen molar-refractivity contribution < 1.29 is 9.59 Å². The molecule has 2 aliphatic heterocycles. The van der Waals surface area contributed by atoms with Crippen molar-refractivity contribution in [1.29, 1.82) is 0 Å². The van der Waals surface area contributed by atoms with E-state index < -0.39 is 5.91 Å². The quantitative estimate of drug-likeness (QED) is 0.614. The topological polar surface area (TPSA) is 109 Å². The number of nitrogens with zero attached hydrogens (tertiary/aromatic N) is 4. The lowest BCUT2D eigenvalue weighted by molar-refractivity contribution is -0.119. The van der Waals surface area contributed by atoms with Gasteiger partial charge in [0.15, 0.2) is 0 Å². The van der Waals surface area contributed by atoms with E-state index in [2.05, 4.69) is 39.0 Å². The van der Waals surface area contributed by atoms with Gasteiger partial charge in [-0.3, -0.25) is 9.59 Å². The Morgan fingerprint density at radius 2 is 1.64 bits per heavy atom. The molecule has 172 valence electrons. The van der Waals surface area contributed by atoms with Crippen molar-refractivity contribution in [2.75, 3.05) is 53.2 Å². The van der Waals surface area contributed by atoms with Crippen molar-refractivity contribution in [3.8, 4) is 0 Å². The first kappa shape index (κ1) is 21.5. The number of aromatic nitrogens is 1. The fourth-order valence-electron chi connectivity index (χ4n) is 4.81. The van der Waals surface area contributed by atoms with Crippen LogP contribution in [-0.2, 0) is 4.79 Å². The molecule has 0 aliphatic carbocycles.